The molecule has 0 aliphatic heterocycles. The van der Waals surface area contributed by atoms with Gasteiger partial charge in [0.25, 0.3) is 0 Å². The van der Waals surface area contributed by atoms with Crippen LogP contribution >= 0.6 is 11.6 Å². The number of carboxylic acid groups (broad SMARTS) is 1. The maximum atomic E-state index is 12.3. The zero-order valence-electron chi connectivity index (χ0n) is 14.6. The van der Waals surface area contributed by atoms with E-state index in [1.54, 1.807) is 13.8 Å². The van der Waals surface area contributed by atoms with Crippen LogP contribution in [0.2, 0.25) is 5.02 Å². The van der Waals surface area contributed by atoms with Crippen molar-refractivity contribution in [2.75, 3.05) is 0 Å². The summed E-state index contributed by atoms with van der Waals surface area (Å²) in [5.74, 6) is -2.19. The van der Waals surface area contributed by atoms with E-state index in [1.807, 2.05) is 6.92 Å². The lowest BCUT2D eigenvalue weighted by molar-refractivity contribution is -0.143. The summed E-state index contributed by atoms with van der Waals surface area (Å²) in [5.41, 5.74) is 0.0395. The summed E-state index contributed by atoms with van der Waals surface area (Å²) in [6.45, 7) is 5.19. The Hall–Kier alpha value is -2.54. The third-order valence-electron chi connectivity index (χ3n) is 4.49. The van der Waals surface area contributed by atoms with Crippen molar-refractivity contribution in [2.45, 2.75) is 39.7 Å². The number of carboxylic acids is 1. The molecule has 0 bridgehead atoms. The lowest BCUT2D eigenvalue weighted by Crippen LogP contribution is -2.45. The van der Waals surface area contributed by atoms with Crippen molar-refractivity contribution < 1.29 is 24.2 Å². The monoisotopic (exact) mass is 381 g/mol. The first-order chi connectivity index (χ1) is 12.1. The van der Waals surface area contributed by atoms with Crippen molar-refractivity contribution in [2.24, 2.45) is 5.92 Å². The van der Waals surface area contributed by atoms with Crippen LogP contribution in [0.5, 0.6) is 5.75 Å². The van der Waals surface area contributed by atoms with Crippen LogP contribution < -0.4 is 10.9 Å². The summed E-state index contributed by atoms with van der Waals surface area (Å²) < 4.78 is 5.16. The van der Waals surface area contributed by atoms with Crippen molar-refractivity contribution in [3.05, 3.63) is 38.7 Å². The second-order valence-corrected chi connectivity index (χ2v) is 6.65. The number of aromatic hydroxyl groups is 1. The Kier molecular flexibility index (Phi) is 5.92. The fourth-order valence-electron chi connectivity index (χ4n) is 2.67. The predicted octanol–water partition coefficient (Wildman–Crippen LogP) is 2.62. The van der Waals surface area contributed by atoms with Crippen molar-refractivity contribution >= 4 is 34.4 Å². The van der Waals surface area contributed by atoms with Gasteiger partial charge in [-0.25, -0.2) is 9.59 Å². The summed E-state index contributed by atoms with van der Waals surface area (Å²) in [7, 11) is 0. The van der Waals surface area contributed by atoms with Crippen LogP contribution in [0.15, 0.2) is 21.3 Å². The van der Waals surface area contributed by atoms with Gasteiger partial charge in [-0.2, -0.15) is 0 Å². The van der Waals surface area contributed by atoms with Gasteiger partial charge in [-0.05, 0) is 24.5 Å². The van der Waals surface area contributed by atoms with Crippen LogP contribution in [-0.2, 0) is 16.0 Å². The number of nitrogens with one attached hydrogen (secondary N) is 1. The third kappa shape index (κ3) is 3.99. The van der Waals surface area contributed by atoms with E-state index >= 15 is 0 Å². The fraction of sp³-hybridized carbons (Fsp3) is 0.389. The Labute approximate surface area is 154 Å². The Bertz CT molecular complexity index is 920. The number of benzene rings is 1. The second-order valence-electron chi connectivity index (χ2n) is 6.24. The lowest BCUT2D eigenvalue weighted by Gasteiger charge is -2.20. The summed E-state index contributed by atoms with van der Waals surface area (Å²) in [6.07, 6.45) is 0.263. The van der Waals surface area contributed by atoms with Crippen molar-refractivity contribution in [1.82, 2.24) is 5.32 Å². The number of phenolic OH excluding ortho intramolecular Hbond substituents is 1. The second kappa shape index (κ2) is 7.78. The highest BCUT2D eigenvalue weighted by Crippen LogP contribution is 2.30. The number of carbonyl (C=O) groups is 2. The van der Waals surface area contributed by atoms with E-state index in [4.69, 9.17) is 16.0 Å². The van der Waals surface area contributed by atoms with Crippen LogP contribution in [0.4, 0.5) is 0 Å². The number of aliphatic carboxylic acids is 1. The standard InChI is InChI=1S/C18H20ClNO6/c1-4-8(2)16(17(23)24)20-15(22)6-11-9(3)10-5-12(19)13(21)7-14(10)26-18(11)25/h5,7-8,16,21H,4,6H2,1-3H3,(H,20,22)(H,23,24)/t8-,16+/m1/s1. The molecule has 2 aromatic rings. The van der Waals surface area contributed by atoms with Gasteiger partial charge < -0.3 is 19.9 Å². The summed E-state index contributed by atoms with van der Waals surface area (Å²) >= 11 is 5.90. The smallest absolute Gasteiger partial charge is 0.340 e. The first-order valence-electron chi connectivity index (χ1n) is 8.12. The van der Waals surface area contributed by atoms with Crippen LogP contribution in [-0.4, -0.2) is 28.1 Å². The summed E-state index contributed by atoms with van der Waals surface area (Å²) in [5, 5.41) is 21.9. The number of carbonyl (C=O) groups excluding carboxylic acids is 1. The molecule has 3 N–H and O–H groups in total. The van der Waals surface area contributed by atoms with E-state index in [1.165, 1.54) is 12.1 Å². The van der Waals surface area contributed by atoms with Crippen molar-refractivity contribution in [3.8, 4) is 5.75 Å². The van der Waals surface area contributed by atoms with Crippen LogP contribution in [0.1, 0.15) is 31.4 Å². The van der Waals surface area contributed by atoms with E-state index < -0.39 is 23.5 Å². The number of halogens is 1. The number of hydrogen-bond donors (Lipinski definition) is 3. The number of phenols is 1. The van der Waals surface area contributed by atoms with Gasteiger partial charge in [0.05, 0.1) is 17.0 Å². The van der Waals surface area contributed by atoms with Gasteiger partial charge in [-0.3, -0.25) is 4.79 Å². The Balaban J connectivity index is 2.35. The average molecular weight is 382 g/mol. The average Bonchev–Trinajstić information content (AvgIpc) is 2.57. The molecule has 1 amide bonds. The predicted molar refractivity (Wildman–Crippen MR) is 96.6 cm³/mol. The van der Waals surface area contributed by atoms with Gasteiger partial charge in [-0.1, -0.05) is 31.9 Å². The van der Waals surface area contributed by atoms with E-state index in [0.29, 0.717) is 17.4 Å². The molecule has 7 nitrogen and oxygen atoms in total. The molecule has 0 saturated carbocycles. The molecule has 140 valence electrons. The largest absolute Gasteiger partial charge is 0.506 e. The van der Waals surface area contributed by atoms with Gasteiger partial charge in [0, 0.05) is 11.5 Å². The van der Waals surface area contributed by atoms with E-state index in [9.17, 15) is 24.6 Å². The van der Waals surface area contributed by atoms with Gasteiger partial charge in [0.2, 0.25) is 5.91 Å². The zero-order chi connectivity index (χ0) is 19.6. The first-order valence-corrected chi connectivity index (χ1v) is 8.50. The Morgan fingerprint density at radius 1 is 1.35 bits per heavy atom. The third-order valence-corrected chi connectivity index (χ3v) is 4.79. The maximum Gasteiger partial charge on any atom is 0.340 e. The number of amides is 1. The molecule has 0 radical (unpaired) electrons. The number of rotatable bonds is 6. The lowest BCUT2D eigenvalue weighted by atomic mass is 9.98. The maximum absolute atomic E-state index is 12.3. The quantitative estimate of drug-likeness (QED) is 0.662. The highest BCUT2D eigenvalue weighted by Gasteiger charge is 2.26. The molecule has 1 aromatic heterocycles. The van der Waals surface area contributed by atoms with Crippen LogP contribution in [0, 0.1) is 12.8 Å². The van der Waals surface area contributed by atoms with Crippen molar-refractivity contribution in [1.29, 1.82) is 0 Å². The molecule has 2 atom stereocenters. The van der Waals surface area contributed by atoms with Gasteiger partial charge >= 0.3 is 11.6 Å². The minimum absolute atomic E-state index is 0.0903. The molecule has 0 fully saturated rings. The highest BCUT2D eigenvalue weighted by atomic mass is 35.5. The molecular weight excluding hydrogens is 362 g/mol. The van der Waals surface area contributed by atoms with Gasteiger partial charge in [-0.15, -0.1) is 0 Å². The normalized spacial score (nSPS) is 13.4. The molecule has 0 aliphatic carbocycles. The number of aryl methyl sites for hydroxylation is 1. The number of hydrogen-bond acceptors (Lipinski definition) is 5. The molecular formula is C18H20ClNO6. The molecule has 1 aromatic carbocycles. The van der Waals surface area contributed by atoms with Crippen LogP contribution in [0.25, 0.3) is 11.0 Å². The Morgan fingerprint density at radius 2 is 2.00 bits per heavy atom. The summed E-state index contributed by atoms with van der Waals surface area (Å²) in [6, 6.07) is 1.65. The SMILES string of the molecule is CC[C@@H](C)[C@H](NC(=O)Cc1c(C)c2cc(Cl)c(O)cc2oc1=O)C(=O)O. The Morgan fingerprint density at radius 3 is 2.58 bits per heavy atom. The zero-order valence-corrected chi connectivity index (χ0v) is 15.4. The minimum atomic E-state index is -1.13. The van der Waals surface area contributed by atoms with Crippen molar-refractivity contribution in [3.63, 3.8) is 0 Å². The highest BCUT2D eigenvalue weighted by molar-refractivity contribution is 6.32. The molecule has 8 heteroatoms. The van der Waals surface area contributed by atoms with E-state index in [-0.39, 0.29) is 34.3 Å². The topological polar surface area (TPSA) is 117 Å². The molecule has 2 rings (SSSR count). The van der Waals surface area contributed by atoms with Crippen LogP contribution in [0.3, 0.4) is 0 Å². The molecule has 0 saturated heterocycles. The summed E-state index contributed by atoms with van der Waals surface area (Å²) in [4.78, 5) is 35.8. The fourth-order valence-corrected chi connectivity index (χ4v) is 2.83. The molecule has 0 aliphatic rings. The minimum Gasteiger partial charge on any atom is -0.506 e. The molecule has 26 heavy (non-hydrogen) atoms. The van der Waals surface area contributed by atoms with Gasteiger partial charge in [0.1, 0.15) is 17.4 Å². The van der Waals surface area contributed by atoms with Gasteiger partial charge in [0.15, 0.2) is 0 Å². The van der Waals surface area contributed by atoms with E-state index in [2.05, 4.69) is 5.32 Å². The number of fused-ring (bicyclic) bond motifs is 1. The molecule has 1 heterocycles. The molecule has 0 unspecified atom stereocenters. The first kappa shape index (κ1) is 19.8. The molecule has 0 spiro atoms. The van der Waals surface area contributed by atoms with E-state index in [0.717, 1.165) is 0 Å².